The van der Waals surface area contributed by atoms with Crippen LogP contribution in [-0.2, 0) is 10.8 Å². The minimum atomic E-state index is -0.463. The van der Waals surface area contributed by atoms with E-state index in [9.17, 15) is 0 Å². The molecule has 0 atom stereocenters. The molecule has 0 aliphatic heterocycles. The van der Waals surface area contributed by atoms with Crippen molar-refractivity contribution in [3.8, 4) is 55.6 Å². The molecule has 0 N–H and O–H groups in total. The van der Waals surface area contributed by atoms with Crippen LogP contribution in [0.2, 0.25) is 0 Å². The molecule has 70 heavy (non-hydrogen) atoms. The quantitative estimate of drug-likeness (QED) is 0.175. The Morgan fingerprint density at radius 3 is 1.24 bits per heavy atom. The number of nitrogens with zero attached hydrogens (tertiary/aromatic N) is 1. The summed E-state index contributed by atoms with van der Waals surface area (Å²) in [7, 11) is 0. The van der Waals surface area contributed by atoms with Crippen LogP contribution in [0.4, 0.5) is 17.1 Å². The summed E-state index contributed by atoms with van der Waals surface area (Å²) in [6, 6.07) is 92.7. The van der Waals surface area contributed by atoms with Crippen molar-refractivity contribution in [1.82, 2.24) is 0 Å². The molecule has 4 aliphatic carbocycles. The first-order chi connectivity index (χ1) is 34.7. The number of hydrogen-bond donors (Lipinski definition) is 0. The van der Waals surface area contributed by atoms with E-state index in [2.05, 4.69) is 248 Å². The lowest BCUT2D eigenvalue weighted by Gasteiger charge is -2.32. The van der Waals surface area contributed by atoms with Gasteiger partial charge in [0.2, 0.25) is 0 Å². The van der Waals surface area contributed by atoms with Crippen LogP contribution in [0.25, 0.3) is 77.6 Å². The summed E-state index contributed by atoms with van der Waals surface area (Å²) in [5.74, 6) is 0. The molecule has 4 aliphatic rings. The van der Waals surface area contributed by atoms with Gasteiger partial charge in [0.1, 0.15) is 11.2 Å². The Labute approximate surface area is 406 Å². The molecule has 2 spiro atoms. The number of hydrogen-bond acceptors (Lipinski definition) is 2. The van der Waals surface area contributed by atoms with Crippen molar-refractivity contribution in [3.05, 3.63) is 293 Å². The highest BCUT2D eigenvalue weighted by atomic mass is 16.3. The van der Waals surface area contributed by atoms with Crippen molar-refractivity contribution in [2.75, 3.05) is 4.90 Å². The van der Waals surface area contributed by atoms with Crippen LogP contribution < -0.4 is 4.90 Å². The van der Waals surface area contributed by atoms with E-state index in [1.54, 1.807) is 0 Å². The molecule has 16 rings (SSSR count). The number of rotatable bonds is 4. The number of anilines is 3. The van der Waals surface area contributed by atoms with Crippen molar-refractivity contribution in [2.24, 2.45) is 0 Å². The maximum atomic E-state index is 6.62. The average molecular weight is 888 g/mol. The molecular weight excluding hydrogens is 847 g/mol. The number of benzene rings is 11. The number of furan rings is 1. The molecule has 1 aromatic heterocycles. The van der Waals surface area contributed by atoms with Gasteiger partial charge in [0, 0.05) is 33.8 Å². The summed E-state index contributed by atoms with van der Waals surface area (Å²) >= 11 is 0. The first-order valence-corrected chi connectivity index (χ1v) is 24.4. The topological polar surface area (TPSA) is 16.4 Å². The summed E-state index contributed by atoms with van der Waals surface area (Å²) in [5, 5.41) is 2.23. The third-order valence-electron chi connectivity index (χ3n) is 16.3. The molecule has 0 bridgehead atoms. The van der Waals surface area contributed by atoms with Gasteiger partial charge in [-0.05, 0) is 131 Å². The third-order valence-corrected chi connectivity index (χ3v) is 16.3. The molecule has 324 valence electrons. The Morgan fingerprint density at radius 1 is 0.271 bits per heavy atom. The second kappa shape index (κ2) is 13.8. The monoisotopic (exact) mass is 887 g/mol. The van der Waals surface area contributed by atoms with Gasteiger partial charge in [-0.2, -0.15) is 0 Å². The number of para-hydroxylation sites is 1. The second-order valence-electron chi connectivity index (χ2n) is 19.4. The molecule has 0 unspecified atom stereocenters. The van der Waals surface area contributed by atoms with Gasteiger partial charge in [0.15, 0.2) is 0 Å². The van der Waals surface area contributed by atoms with E-state index in [1.165, 1.54) is 100 Å². The first-order valence-electron chi connectivity index (χ1n) is 24.4. The summed E-state index contributed by atoms with van der Waals surface area (Å²) in [5.41, 5.74) is 27.6. The zero-order valence-corrected chi connectivity index (χ0v) is 38.0. The van der Waals surface area contributed by atoms with Crippen LogP contribution in [-0.4, -0.2) is 0 Å². The first kappa shape index (κ1) is 38.0. The summed E-state index contributed by atoms with van der Waals surface area (Å²) in [6.45, 7) is 0. The van der Waals surface area contributed by atoms with Gasteiger partial charge in [-0.25, -0.2) is 0 Å². The van der Waals surface area contributed by atoms with Gasteiger partial charge in [0.25, 0.3) is 0 Å². The molecular formula is C68H41NO. The van der Waals surface area contributed by atoms with Gasteiger partial charge in [-0.1, -0.05) is 206 Å². The standard InChI is InChI=1S/C68H41NO/c1-8-25-54-46(17-1)47-18-2-9-26-55(47)67(54)58-29-12-5-22-52(58)65-45(24-15-31-60(65)67)42-35-37-43(38-36-42)69(44-39-40-51-50-21-7-14-34-63(50)70-64(51)41-44)62-33-16-32-61-66(62)53-23-6-13-30-59(53)68(61)56-27-10-3-19-48(56)49-20-4-11-28-57(49)68/h1-41H. The predicted molar refractivity (Wildman–Crippen MR) is 286 cm³/mol. The molecule has 0 radical (unpaired) electrons. The van der Waals surface area contributed by atoms with Crippen LogP contribution in [0.1, 0.15) is 44.5 Å². The fraction of sp³-hybridized carbons (Fsp3) is 0.0294. The average Bonchev–Trinajstić information content (AvgIpc) is 4.20. The third kappa shape index (κ3) is 4.64. The van der Waals surface area contributed by atoms with E-state index in [0.29, 0.717) is 0 Å². The molecule has 2 heteroatoms. The van der Waals surface area contributed by atoms with Gasteiger partial charge >= 0.3 is 0 Å². The van der Waals surface area contributed by atoms with Gasteiger partial charge in [-0.3, -0.25) is 0 Å². The lowest BCUT2D eigenvalue weighted by Crippen LogP contribution is -2.26. The van der Waals surface area contributed by atoms with Crippen LogP contribution in [0.15, 0.2) is 253 Å². The highest BCUT2D eigenvalue weighted by Crippen LogP contribution is 2.66. The zero-order chi connectivity index (χ0) is 45.7. The van der Waals surface area contributed by atoms with Crippen molar-refractivity contribution in [1.29, 1.82) is 0 Å². The van der Waals surface area contributed by atoms with E-state index in [0.717, 1.165) is 39.0 Å². The molecule has 2 nitrogen and oxygen atoms in total. The van der Waals surface area contributed by atoms with E-state index in [4.69, 9.17) is 4.42 Å². The molecule has 0 saturated heterocycles. The smallest absolute Gasteiger partial charge is 0.137 e. The van der Waals surface area contributed by atoms with Gasteiger partial charge < -0.3 is 9.32 Å². The van der Waals surface area contributed by atoms with E-state index >= 15 is 0 Å². The highest BCUT2D eigenvalue weighted by Gasteiger charge is 2.53. The normalized spacial score (nSPS) is 14.2. The maximum Gasteiger partial charge on any atom is 0.137 e. The highest BCUT2D eigenvalue weighted by molar-refractivity contribution is 6.07. The second-order valence-corrected chi connectivity index (χ2v) is 19.4. The Hall–Kier alpha value is -8.98. The Bertz CT molecular complexity index is 4120. The fourth-order valence-corrected chi connectivity index (χ4v) is 13.8. The van der Waals surface area contributed by atoms with E-state index in [1.807, 2.05) is 6.07 Å². The molecule has 1 heterocycles. The predicted octanol–water partition coefficient (Wildman–Crippen LogP) is 17.4. The lowest BCUT2D eigenvalue weighted by molar-refractivity contribution is 0.669. The molecule has 11 aromatic carbocycles. The van der Waals surface area contributed by atoms with Crippen molar-refractivity contribution >= 4 is 39.0 Å². The largest absolute Gasteiger partial charge is 0.456 e. The number of fused-ring (bicyclic) bond motifs is 23. The minimum absolute atomic E-state index is 0.400. The Balaban J connectivity index is 0.915. The SMILES string of the molecule is c1ccc2c(c1)-c1ccccc1C21c2ccccc2-c2c(-c3ccc(N(c4ccc5c(c4)oc4ccccc45)c4cccc5c4-c4ccccc4C54c5ccccc5-c5ccccc54)cc3)cccc21. The zero-order valence-electron chi connectivity index (χ0n) is 38.0. The van der Waals surface area contributed by atoms with Crippen LogP contribution in [0, 0.1) is 0 Å². The van der Waals surface area contributed by atoms with Crippen molar-refractivity contribution in [2.45, 2.75) is 10.8 Å². The van der Waals surface area contributed by atoms with Crippen molar-refractivity contribution in [3.63, 3.8) is 0 Å². The van der Waals surface area contributed by atoms with Crippen LogP contribution >= 0.6 is 0 Å². The Kier molecular flexibility index (Phi) is 7.51. The maximum absolute atomic E-state index is 6.62. The lowest BCUT2D eigenvalue weighted by atomic mass is 9.70. The summed E-state index contributed by atoms with van der Waals surface area (Å²) < 4.78 is 6.62. The van der Waals surface area contributed by atoms with Gasteiger partial charge in [-0.15, -0.1) is 0 Å². The van der Waals surface area contributed by atoms with E-state index < -0.39 is 10.8 Å². The van der Waals surface area contributed by atoms with Crippen LogP contribution in [0.5, 0.6) is 0 Å². The Morgan fingerprint density at radius 2 is 0.671 bits per heavy atom. The van der Waals surface area contributed by atoms with Gasteiger partial charge in [0.05, 0.1) is 16.5 Å². The minimum Gasteiger partial charge on any atom is -0.456 e. The molecule has 0 saturated carbocycles. The summed E-state index contributed by atoms with van der Waals surface area (Å²) in [4.78, 5) is 2.46. The van der Waals surface area contributed by atoms with Crippen LogP contribution in [0.3, 0.4) is 0 Å². The van der Waals surface area contributed by atoms with E-state index in [-0.39, 0.29) is 0 Å². The summed E-state index contributed by atoms with van der Waals surface area (Å²) in [6.07, 6.45) is 0. The molecule has 0 fully saturated rings. The fourth-order valence-electron chi connectivity index (χ4n) is 13.8. The molecule has 12 aromatic rings. The molecule has 0 amide bonds. The van der Waals surface area contributed by atoms with Crippen molar-refractivity contribution < 1.29 is 4.42 Å².